The number of sulfonamides is 1. The Hall–Kier alpha value is -1.70. The van der Waals surface area contributed by atoms with Crippen molar-refractivity contribution in [2.45, 2.75) is 38.1 Å². The van der Waals surface area contributed by atoms with Crippen LogP contribution >= 0.6 is 11.3 Å². The van der Waals surface area contributed by atoms with Crippen LogP contribution in [0.25, 0.3) is 0 Å². The van der Waals surface area contributed by atoms with E-state index in [0.717, 1.165) is 11.3 Å². The number of rotatable bonds is 5. The molecule has 7 heteroatoms. The van der Waals surface area contributed by atoms with Gasteiger partial charge in [0, 0.05) is 23.5 Å². The summed E-state index contributed by atoms with van der Waals surface area (Å²) in [5.41, 5.74) is 0.359. The minimum atomic E-state index is -3.60. The van der Waals surface area contributed by atoms with E-state index in [-0.39, 0.29) is 16.8 Å². The fourth-order valence-corrected chi connectivity index (χ4v) is 6.10. The van der Waals surface area contributed by atoms with Gasteiger partial charge in [-0.05, 0) is 54.8 Å². The molecule has 0 aliphatic carbocycles. The number of hydrogen-bond donors (Lipinski definition) is 1. The average molecular weight is 407 g/mol. The summed E-state index contributed by atoms with van der Waals surface area (Å²) in [7, 11) is -3.60. The van der Waals surface area contributed by atoms with E-state index in [0.29, 0.717) is 30.5 Å². The third-order valence-corrected chi connectivity index (χ3v) is 7.77. The van der Waals surface area contributed by atoms with Crippen LogP contribution in [0, 0.1) is 11.8 Å². The molecule has 2 aromatic rings. The highest BCUT2D eigenvalue weighted by molar-refractivity contribution is 7.89. The van der Waals surface area contributed by atoms with Crippen molar-refractivity contribution in [3.63, 3.8) is 0 Å². The second kappa shape index (κ2) is 8.12. The van der Waals surface area contributed by atoms with Crippen molar-refractivity contribution in [2.24, 2.45) is 11.8 Å². The molecule has 1 amide bonds. The van der Waals surface area contributed by atoms with E-state index < -0.39 is 10.0 Å². The molecule has 0 radical (unpaired) electrons. The second-order valence-electron chi connectivity index (χ2n) is 7.51. The molecule has 1 aliphatic heterocycles. The zero-order valence-corrected chi connectivity index (χ0v) is 17.5. The smallest absolute Gasteiger partial charge is 0.251 e. The van der Waals surface area contributed by atoms with Gasteiger partial charge in [0.1, 0.15) is 0 Å². The van der Waals surface area contributed by atoms with Crippen molar-refractivity contribution in [1.82, 2.24) is 9.62 Å². The highest BCUT2D eigenvalue weighted by Crippen LogP contribution is 2.27. The normalized spacial score (nSPS) is 22.3. The summed E-state index contributed by atoms with van der Waals surface area (Å²) in [4.78, 5) is 13.8. The van der Waals surface area contributed by atoms with Crippen molar-refractivity contribution in [3.8, 4) is 0 Å². The maximum absolute atomic E-state index is 13.1. The Balaban J connectivity index is 1.79. The van der Waals surface area contributed by atoms with Crippen LogP contribution in [0.15, 0.2) is 46.7 Å². The standard InChI is InChI=1S/C20H26N2O3S2/c1-14-10-15(2)13-22(12-14)27(24,25)18-7-4-6-17(11-18)20(23)21-16(3)19-8-5-9-26-19/h4-9,11,14-16H,10,12-13H2,1-3H3,(H,21,23)/t14-,15+,16-/m0/s1. The summed E-state index contributed by atoms with van der Waals surface area (Å²) in [6.45, 7) is 7.12. The van der Waals surface area contributed by atoms with E-state index in [4.69, 9.17) is 0 Å². The number of thiophene rings is 1. The van der Waals surface area contributed by atoms with Gasteiger partial charge in [0.25, 0.3) is 5.91 Å². The van der Waals surface area contributed by atoms with Gasteiger partial charge < -0.3 is 5.32 Å². The van der Waals surface area contributed by atoms with Crippen LogP contribution in [0.5, 0.6) is 0 Å². The van der Waals surface area contributed by atoms with Gasteiger partial charge in [-0.15, -0.1) is 11.3 Å². The largest absolute Gasteiger partial charge is 0.345 e. The Labute approximate surface area is 165 Å². The summed E-state index contributed by atoms with van der Waals surface area (Å²) in [5.74, 6) is 0.400. The number of hydrogen-bond acceptors (Lipinski definition) is 4. The van der Waals surface area contributed by atoms with E-state index in [2.05, 4.69) is 19.2 Å². The number of nitrogens with zero attached hydrogens (tertiary/aromatic N) is 1. The first-order chi connectivity index (χ1) is 12.8. The lowest BCUT2D eigenvalue weighted by Crippen LogP contribution is -2.42. The molecule has 5 nitrogen and oxygen atoms in total. The minimum absolute atomic E-state index is 0.124. The fourth-order valence-electron chi connectivity index (χ4n) is 3.64. The molecular weight excluding hydrogens is 380 g/mol. The van der Waals surface area contributed by atoms with Gasteiger partial charge in [-0.3, -0.25) is 4.79 Å². The van der Waals surface area contributed by atoms with Crippen molar-refractivity contribution >= 4 is 27.3 Å². The van der Waals surface area contributed by atoms with Crippen LogP contribution < -0.4 is 5.32 Å². The van der Waals surface area contributed by atoms with Crippen molar-refractivity contribution in [1.29, 1.82) is 0 Å². The molecule has 1 fully saturated rings. The summed E-state index contributed by atoms with van der Waals surface area (Å²) < 4.78 is 27.7. The minimum Gasteiger partial charge on any atom is -0.345 e. The molecule has 0 bridgehead atoms. The fraction of sp³-hybridized carbons (Fsp3) is 0.450. The molecule has 1 aromatic heterocycles. The zero-order valence-electron chi connectivity index (χ0n) is 15.9. The van der Waals surface area contributed by atoms with Crippen molar-refractivity contribution < 1.29 is 13.2 Å². The monoisotopic (exact) mass is 406 g/mol. The first-order valence-corrected chi connectivity index (χ1v) is 11.5. The lowest BCUT2D eigenvalue weighted by atomic mass is 9.94. The zero-order chi connectivity index (χ0) is 19.6. The molecule has 27 heavy (non-hydrogen) atoms. The Morgan fingerprint density at radius 1 is 1.19 bits per heavy atom. The lowest BCUT2D eigenvalue weighted by molar-refractivity contribution is 0.0940. The van der Waals surface area contributed by atoms with Crippen LogP contribution in [0.4, 0.5) is 0 Å². The SMILES string of the molecule is C[C@@H]1C[C@H](C)CN(S(=O)(=O)c2cccc(C(=O)N[C@@H](C)c3cccs3)c2)C1. The third-order valence-electron chi connectivity index (χ3n) is 4.89. The maximum atomic E-state index is 13.1. The molecule has 3 atom stereocenters. The molecule has 1 aliphatic rings. The van der Waals surface area contributed by atoms with Gasteiger partial charge in [-0.2, -0.15) is 4.31 Å². The molecule has 1 saturated heterocycles. The maximum Gasteiger partial charge on any atom is 0.251 e. The van der Waals surface area contributed by atoms with Crippen LogP contribution in [0.3, 0.4) is 0 Å². The molecule has 0 saturated carbocycles. The quantitative estimate of drug-likeness (QED) is 0.819. The van der Waals surface area contributed by atoms with Crippen LogP contribution in [0.2, 0.25) is 0 Å². The predicted molar refractivity (Wildman–Crippen MR) is 108 cm³/mol. The molecule has 3 rings (SSSR count). The summed E-state index contributed by atoms with van der Waals surface area (Å²) in [6.07, 6.45) is 1.04. The Bertz CT molecular complexity index is 884. The molecule has 1 aromatic carbocycles. The molecule has 2 heterocycles. The van der Waals surface area contributed by atoms with E-state index in [1.165, 1.54) is 6.07 Å². The van der Waals surface area contributed by atoms with E-state index in [1.54, 1.807) is 33.8 Å². The topological polar surface area (TPSA) is 66.5 Å². The van der Waals surface area contributed by atoms with Crippen molar-refractivity contribution in [3.05, 3.63) is 52.2 Å². The first-order valence-electron chi connectivity index (χ1n) is 9.22. The van der Waals surface area contributed by atoms with Gasteiger partial charge in [0.05, 0.1) is 10.9 Å². The highest BCUT2D eigenvalue weighted by atomic mass is 32.2. The van der Waals surface area contributed by atoms with Gasteiger partial charge in [0.2, 0.25) is 10.0 Å². The third kappa shape index (κ3) is 4.59. The van der Waals surface area contributed by atoms with E-state index in [1.807, 2.05) is 24.4 Å². The van der Waals surface area contributed by atoms with Crippen molar-refractivity contribution in [2.75, 3.05) is 13.1 Å². The van der Waals surface area contributed by atoms with E-state index in [9.17, 15) is 13.2 Å². The summed E-state index contributed by atoms with van der Waals surface area (Å²) in [5, 5.41) is 4.90. The summed E-state index contributed by atoms with van der Waals surface area (Å²) in [6, 6.07) is 10.1. The number of carbonyl (C=O) groups is 1. The van der Waals surface area contributed by atoms with Crippen LogP contribution in [-0.2, 0) is 10.0 Å². The predicted octanol–water partition coefficient (Wildman–Crippen LogP) is 3.91. The number of carbonyl (C=O) groups excluding carboxylic acids is 1. The molecule has 146 valence electrons. The second-order valence-corrected chi connectivity index (χ2v) is 10.4. The Morgan fingerprint density at radius 3 is 2.52 bits per heavy atom. The first kappa shape index (κ1) is 20.0. The Morgan fingerprint density at radius 2 is 1.89 bits per heavy atom. The van der Waals surface area contributed by atoms with Crippen LogP contribution in [-0.4, -0.2) is 31.7 Å². The number of amides is 1. The number of piperidine rings is 1. The molecule has 1 N–H and O–H groups in total. The van der Waals surface area contributed by atoms with Gasteiger partial charge >= 0.3 is 0 Å². The molecule has 0 spiro atoms. The van der Waals surface area contributed by atoms with Gasteiger partial charge in [-0.1, -0.05) is 26.0 Å². The molecule has 0 unspecified atom stereocenters. The molecular formula is C20H26N2O3S2. The highest BCUT2D eigenvalue weighted by Gasteiger charge is 2.32. The Kier molecular flexibility index (Phi) is 6.03. The van der Waals surface area contributed by atoms with Crippen LogP contribution in [0.1, 0.15) is 48.5 Å². The summed E-state index contributed by atoms with van der Waals surface area (Å²) >= 11 is 1.58. The number of benzene rings is 1. The average Bonchev–Trinajstić information content (AvgIpc) is 3.16. The van der Waals surface area contributed by atoms with Gasteiger partial charge in [0.15, 0.2) is 0 Å². The van der Waals surface area contributed by atoms with Gasteiger partial charge in [-0.25, -0.2) is 8.42 Å². The lowest BCUT2D eigenvalue weighted by Gasteiger charge is -2.34. The van der Waals surface area contributed by atoms with E-state index >= 15 is 0 Å². The number of nitrogens with one attached hydrogen (secondary N) is 1.